The molecule has 1 fully saturated rings. The average Bonchev–Trinajstić information content (AvgIpc) is 3.35. The number of nitrogens with zero attached hydrogens (tertiary/aromatic N) is 3. The monoisotopic (exact) mass is 375 g/mol. The second kappa shape index (κ2) is 7.89. The highest BCUT2D eigenvalue weighted by Gasteiger charge is 2.28. The van der Waals surface area contributed by atoms with Crippen molar-refractivity contribution in [2.45, 2.75) is 19.9 Å². The quantitative estimate of drug-likeness (QED) is 0.675. The first kappa shape index (κ1) is 18.3. The lowest BCUT2D eigenvalue weighted by Crippen LogP contribution is -2.28. The van der Waals surface area contributed by atoms with Crippen LogP contribution >= 0.6 is 0 Å². The molecule has 2 heterocycles. The van der Waals surface area contributed by atoms with Gasteiger partial charge in [-0.15, -0.1) is 0 Å². The standard InChI is InChI=1S/C23H25N3O2/c1-17-11-12-25(14-17)23(27)21-16-26(15-18-7-4-3-5-8-18)24-22(21)19-9-6-10-20(13-19)28-2/h3-10,13,16-17H,11-12,14-15H2,1-2H3. The zero-order valence-electron chi connectivity index (χ0n) is 16.3. The van der Waals surface area contributed by atoms with E-state index in [0.29, 0.717) is 23.7 Å². The zero-order valence-corrected chi connectivity index (χ0v) is 16.3. The van der Waals surface area contributed by atoms with Crippen LogP contribution in [0.2, 0.25) is 0 Å². The van der Waals surface area contributed by atoms with Gasteiger partial charge in [0.15, 0.2) is 0 Å². The summed E-state index contributed by atoms with van der Waals surface area (Å²) in [6, 6.07) is 17.9. The molecule has 144 valence electrons. The molecule has 5 nitrogen and oxygen atoms in total. The molecule has 1 aliphatic heterocycles. The number of amides is 1. The second-order valence-electron chi connectivity index (χ2n) is 7.45. The lowest BCUT2D eigenvalue weighted by atomic mass is 10.1. The molecular formula is C23H25N3O2. The largest absolute Gasteiger partial charge is 0.497 e. The fourth-order valence-electron chi connectivity index (χ4n) is 3.70. The Hall–Kier alpha value is -3.08. The van der Waals surface area contributed by atoms with Gasteiger partial charge in [0.2, 0.25) is 0 Å². The van der Waals surface area contributed by atoms with Gasteiger partial charge >= 0.3 is 0 Å². The molecule has 4 rings (SSSR count). The molecular weight excluding hydrogens is 350 g/mol. The van der Waals surface area contributed by atoms with Gasteiger partial charge in [-0.25, -0.2) is 0 Å². The SMILES string of the molecule is COc1cccc(-c2nn(Cc3ccccc3)cc2C(=O)N2CCC(C)C2)c1. The summed E-state index contributed by atoms with van der Waals surface area (Å²) in [6.07, 6.45) is 2.94. The molecule has 1 atom stereocenters. The minimum Gasteiger partial charge on any atom is -0.497 e. The number of hydrogen-bond donors (Lipinski definition) is 0. The van der Waals surface area contributed by atoms with E-state index in [-0.39, 0.29) is 5.91 Å². The minimum absolute atomic E-state index is 0.0569. The van der Waals surface area contributed by atoms with Crippen LogP contribution in [0.1, 0.15) is 29.3 Å². The maximum atomic E-state index is 13.2. The highest BCUT2D eigenvalue weighted by molar-refractivity contribution is 6.00. The predicted octanol–water partition coefficient (Wildman–Crippen LogP) is 4.09. The molecule has 1 aromatic heterocycles. The minimum atomic E-state index is 0.0569. The summed E-state index contributed by atoms with van der Waals surface area (Å²) in [5.74, 6) is 1.35. The summed E-state index contributed by atoms with van der Waals surface area (Å²) in [4.78, 5) is 15.2. The average molecular weight is 375 g/mol. The molecule has 2 aromatic carbocycles. The Morgan fingerprint density at radius 1 is 1.18 bits per heavy atom. The van der Waals surface area contributed by atoms with Crippen molar-refractivity contribution in [3.05, 3.63) is 71.9 Å². The number of ether oxygens (including phenoxy) is 1. The fraction of sp³-hybridized carbons (Fsp3) is 0.304. The Bertz CT molecular complexity index is 965. The van der Waals surface area contributed by atoms with Crippen molar-refractivity contribution in [2.75, 3.05) is 20.2 Å². The van der Waals surface area contributed by atoms with E-state index in [0.717, 1.165) is 36.4 Å². The van der Waals surface area contributed by atoms with Gasteiger partial charge in [0.1, 0.15) is 11.4 Å². The van der Waals surface area contributed by atoms with Crippen molar-refractivity contribution in [3.63, 3.8) is 0 Å². The highest BCUT2D eigenvalue weighted by Crippen LogP contribution is 2.28. The topological polar surface area (TPSA) is 47.4 Å². The molecule has 0 saturated carbocycles. The van der Waals surface area contributed by atoms with Crippen LogP contribution in [0.3, 0.4) is 0 Å². The number of hydrogen-bond acceptors (Lipinski definition) is 3. The Labute approximate surface area is 165 Å². The van der Waals surface area contributed by atoms with Gasteiger partial charge in [0, 0.05) is 24.8 Å². The van der Waals surface area contributed by atoms with Gasteiger partial charge in [-0.1, -0.05) is 49.4 Å². The van der Waals surface area contributed by atoms with E-state index in [4.69, 9.17) is 9.84 Å². The number of aromatic nitrogens is 2. The van der Waals surface area contributed by atoms with E-state index in [1.165, 1.54) is 0 Å². The Morgan fingerprint density at radius 3 is 2.71 bits per heavy atom. The van der Waals surface area contributed by atoms with Crippen LogP contribution in [0, 0.1) is 5.92 Å². The lowest BCUT2D eigenvalue weighted by molar-refractivity contribution is 0.0788. The van der Waals surface area contributed by atoms with E-state index in [9.17, 15) is 4.79 Å². The summed E-state index contributed by atoms with van der Waals surface area (Å²) >= 11 is 0. The Kier molecular flexibility index (Phi) is 5.15. The van der Waals surface area contributed by atoms with E-state index in [1.807, 2.05) is 58.2 Å². The Morgan fingerprint density at radius 2 is 2.00 bits per heavy atom. The van der Waals surface area contributed by atoms with Gasteiger partial charge in [0.05, 0.1) is 19.2 Å². The molecule has 5 heteroatoms. The van der Waals surface area contributed by atoms with Crippen molar-refractivity contribution in [1.82, 2.24) is 14.7 Å². The molecule has 0 radical (unpaired) electrons. The van der Waals surface area contributed by atoms with Gasteiger partial charge < -0.3 is 9.64 Å². The molecule has 1 amide bonds. The smallest absolute Gasteiger partial charge is 0.257 e. The van der Waals surface area contributed by atoms with Gasteiger partial charge in [-0.3, -0.25) is 9.48 Å². The number of benzene rings is 2. The molecule has 1 unspecified atom stereocenters. The maximum absolute atomic E-state index is 13.2. The fourth-order valence-corrected chi connectivity index (χ4v) is 3.70. The van der Waals surface area contributed by atoms with Crippen LogP contribution in [-0.2, 0) is 6.54 Å². The third-order valence-electron chi connectivity index (χ3n) is 5.23. The molecule has 28 heavy (non-hydrogen) atoms. The van der Waals surface area contributed by atoms with Crippen molar-refractivity contribution >= 4 is 5.91 Å². The van der Waals surface area contributed by atoms with Crippen LogP contribution in [0.15, 0.2) is 60.8 Å². The van der Waals surface area contributed by atoms with Crippen LogP contribution in [0.5, 0.6) is 5.75 Å². The van der Waals surface area contributed by atoms with Crippen LogP contribution in [0.25, 0.3) is 11.3 Å². The molecule has 0 spiro atoms. The van der Waals surface area contributed by atoms with Gasteiger partial charge in [-0.2, -0.15) is 5.10 Å². The van der Waals surface area contributed by atoms with Crippen LogP contribution in [-0.4, -0.2) is 40.8 Å². The summed E-state index contributed by atoms with van der Waals surface area (Å²) in [5, 5.41) is 4.78. The number of rotatable bonds is 5. The molecule has 1 aliphatic rings. The number of carbonyl (C=O) groups excluding carboxylic acids is 1. The van der Waals surface area contributed by atoms with Crippen LogP contribution < -0.4 is 4.74 Å². The first-order chi connectivity index (χ1) is 13.6. The molecule has 0 bridgehead atoms. The van der Waals surface area contributed by atoms with E-state index < -0.39 is 0 Å². The van der Waals surface area contributed by atoms with Crippen LogP contribution in [0.4, 0.5) is 0 Å². The normalized spacial score (nSPS) is 16.4. The molecule has 0 N–H and O–H groups in total. The van der Waals surface area contributed by atoms with Crippen molar-refractivity contribution < 1.29 is 9.53 Å². The highest BCUT2D eigenvalue weighted by atomic mass is 16.5. The van der Waals surface area contributed by atoms with Crippen molar-refractivity contribution in [2.24, 2.45) is 5.92 Å². The van der Waals surface area contributed by atoms with Gasteiger partial charge in [-0.05, 0) is 30.0 Å². The second-order valence-corrected chi connectivity index (χ2v) is 7.45. The predicted molar refractivity (Wildman–Crippen MR) is 109 cm³/mol. The molecule has 1 saturated heterocycles. The summed E-state index contributed by atoms with van der Waals surface area (Å²) < 4.78 is 7.22. The summed E-state index contributed by atoms with van der Waals surface area (Å²) in [5.41, 5.74) is 3.40. The third kappa shape index (κ3) is 3.79. The first-order valence-corrected chi connectivity index (χ1v) is 9.69. The molecule has 3 aromatic rings. The summed E-state index contributed by atoms with van der Waals surface area (Å²) in [7, 11) is 1.64. The summed E-state index contributed by atoms with van der Waals surface area (Å²) in [6.45, 7) is 4.43. The number of likely N-dealkylation sites (tertiary alicyclic amines) is 1. The third-order valence-corrected chi connectivity index (χ3v) is 5.23. The maximum Gasteiger partial charge on any atom is 0.257 e. The molecule has 0 aliphatic carbocycles. The van der Waals surface area contributed by atoms with Crippen molar-refractivity contribution in [1.29, 1.82) is 0 Å². The lowest BCUT2D eigenvalue weighted by Gasteiger charge is -2.15. The zero-order chi connectivity index (χ0) is 19.5. The number of carbonyl (C=O) groups is 1. The van der Waals surface area contributed by atoms with Gasteiger partial charge in [0.25, 0.3) is 5.91 Å². The van der Waals surface area contributed by atoms with E-state index in [2.05, 4.69) is 19.1 Å². The van der Waals surface area contributed by atoms with E-state index >= 15 is 0 Å². The van der Waals surface area contributed by atoms with E-state index in [1.54, 1.807) is 7.11 Å². The first-order valence-electron chi connectivity index (χ1n) is 9.69. The van der Waals surface area contributed by atoms with Crippen molar-refractivity contribution in [3.8, 4) is 17.0 Å². The number of methoxy groups -OCH3 is 1. The Balaban J connectivity index is 1.72.